The Balaban J connectivity index is 1.45. The van der Waals surface area contributed by atoms with Crippen LogP contribution in [0.2, 0.25) is 0 Å². The number of aromatic nitrogens is 2. The second-order valence-corrected chi connectivity index (χ2v) is 9.00. The predicted molar refractivity (Wildman–Crippen MR) is 120 cm³/mol. The zero-order chi connectivity index (χ0) is 29.4. The van der Waals surface area contributed by atoms with Crippen LogP contribution in [0.1, 0.15) is 35.2 Å². The molecule has 1 aromatic heterocycles. The van der Waals surface area contributed by atoms with Crippen LogP contribution in [0.15, 0.2) is 41.2 Å². The Morgan fingerprint density at radius 2 is 1.68 bits per heavy atom. The highest BCUT2D eigenvalue weighted by Gasteiger charge is 2.39. The molecule has 6 nitrogen and oxygen atoms in total. The Labute approximate surface area is 219 Å². The molecule has 2 N–H and O–H groups in total. The Bertz CT molecular complexity index is 1480. The van der Waals surface area contributed by atoms with E-state index in [4.69, 9.17) is 4.74 Å². The predicted octanol–water partition coefficient (Wildman–Crippen LogP) is 5.50. The van der Waals surface area contributed by atoms with Gasteiger partial charge in [0.15, 0.2) is 17.3 Å². The monoisotopic (exact) mass is 579 g/mol. The van der Waals surface area contributed by atoms with Gasteiger partial charge in [0.05, 0.1) is 23.8 Å². The van der Waals surface area contributed by atoms with Crippen molar-refractivity contribution in [2.24, 2.45) is 5.92 Å². The van der Waals surface area contributed by atoms with Crippen molar-refractivity contribution in [1.82, 2.24) is 15.3 Å². The molecule has 40 heavy (non-hydrogen) atoms. The largest absolute Gasteiger partial charge is 0.433 e. The van der Waals surface area contributed by atoms with Gasteiger partial charge in [-0.15, -0.1) is 0 Å². The van der Waals surface area contributed by atoms with E-state index in [1.807, 2.05) is 0 Å². The van der Waals surface area contributed by atoms with E-state index >= 15 is 4.39 Å². The van der Waals surface area contributed by atoms with Crippen molar-refractivity contribution >= 4 is 5.91 Å². The van der Waals surface area contributed by atoms with Crippen molar-refractivity contribution in [3.63, 3.8) is 0 Å². The zero-order valence-electron chi connectivity index (χ0n) is 20.0. The molecule has 15 heteroatoms. The SMILES string of the molecule is O=C(NCc1ccc(C(F)(F)F)c(-c2nc(C(F)(F)F)cc(=O)[nH]2)c1F)C1CC(OCc2ccc(F)c(F)c2)C1. The van der Waals surface area contributed by atoms with E-state index in [0.29, 0.717) is 17.7 Å². The molecule has 0 spiro atoms. The first-order chi connectivity index (χ1) is 18.6. The quantitative estimate of drug-likeness (QED) is 0.362. The lowest BCUT2D eigenvalue weighted by Crippen LogP contribution is -2.42. The Morgan fingerprint density at radius 3 is 2.30 bits per heavy atom. The third-order valence-corrected chi connectivity index (χ3v) is 6.18. The Hall–Kier alpha value is -3.88. The summed E-state index contributed by atoms with van der Waals surface area (Å²) in [6.45, 7) is -0.655. The van der Waals surface area contributed by atoms with Crippen molar-refractivity contribution < 1.29 is 49.0 Å². The number of carbonyl (C=O) groups excluding carboxylic acids is 1. The second-order valence-electron chi connectivity index (χ2n) is 9.00. The van der Waals surface area contributed by atoms with Crippen molar-refractivity contribution in [2.75, 3.05) is 0 Å². The summed E-state index contributed by atoms with van der Waals surface area (Å²) in [6.07, 6.45) is -10.3. The summed E-state index contributed by atoms with van der Waals surface area (Å²) < 4.78 is 127. The number of nitrogens with zero attached hydrogens (tertiary/aromatic N) is 1. The van der Waals surface area contributed by atoms with Crippen LogP contribution in [0, 0.1) is 23.4 Å². The van der Waals surface area contributed by atoms with Gasteiger partial charge in [-0.1, -0.05) is 12.1 Å². The van der Waals surface area contributed by atoms with E-state index in [1.165, 1.54) is 6.07 Å². The number of rotatable bonds is 7. The summed E-state index contributed by atoms with van der Waals surface area (Å²) in [5.74, 6) is -6.13. The van der Waals surface area contributed by atoms with Gasteiger partial charge in [0, 0.05) is 24.1 Å². The molecule has 1 fully saturated rings. The molecule has 0 unspecified atom stereocenters. The third kappa shape index (κ3) is 6.46. The third-order valence-electron chi connectivity index (χ3n) is 6.18. The smallest absolute Gasteiger partial charge is 0.373 e. The number of aromatic amines is 1. The molecular formula is C25H18F9N3O3. The molecule has 1 heterocycles. The fourth-order valence-electron chi connectivity index (χ4n) is 4.03. The molecule has 0 atom stereocenters. The Kier molecular flexibility index (Phi) is 7.97. The first-order valence-corrected chi connectivity index (χ1v) is 11.5. The van der Waals surface area contributed by atoms with Crippen molar-refractivity contribution in [2.45, 2.75) is 44.4 Å². The number of benzene rings is 2. The van der Waals surface area contributed by atoms with Gasteiger partial charge in [-0.2, -0.15) is 26.3 Å². The van der Waals surface area contributed by atoms with E-state index in [0.717, 1.165) is 12.1 Å². The van der Waals surface area contributed by atoms with Gasteiger partial charge in [-0.3, -0.25) is 9.59 Å². The number of halogens is 9. The fourth-order valence-corrected chi connectivity index (χ4v) is 4.03. The van der Waals surface area contributed by atoms with Crippen LogP contribution in [0.5, 0.6) is 0 Å². The summed E-state index contributed by atoms with van der Waals surface area (Å²) >= 11 is 0. The van der Waals surface area contributed by atoms with Gasteiger partial charge in [0.1, 0.15) is 11.6 Å². The van der Waals surface area contributed by atoms with Crippen LogP contribution in [-0.4, -0.2) is 22.0 Å². The maximum atomic E-state index is 15.3. The highest BCUT2D eigenvalue weighted by molar-refractivity contribution is 5.79. The van der Waals surface area contributed by atoms with Crippen molar-refractivity contribution in [3.8, 4) is 11.4 Å². The van der Waals surface area contributed by atoms with Crippen molar-refractivity contribution in [1.29, 1.82) is 0 Å². The Morgan fingerprint density at radius 1 is 0.975 bits per heavy atom. The van der Waals surface area contributed by atoms with Crippen LogP contribution < -0.4 is 10.9 Å². The molecule has 2 aromatic carbocycles. The van der Waals surface area contributed by atoms with Crippen LogP contribution >= 0.6 is 0 Å². The summed E-state index contributed by atoms with van der Waals surface area (Å²) in [7, 11) is 0. The van der Waals surface area contributed by atoms with Gasteiger partial charge in [-0.05, 0) is 36.6 Å². The van der Waals surface area contributed by atoms with E-state index in [1.54, 1.807) is 4.98 Å². The highest BCUT2D eigenvalue weighted by atomic mass is 19.4. The van der Waals surface area contributed by atoms with Gasteiger partial charge < -0.3 is 15.0 Å². The molecule has 0 radical (unpaired) electrons. The number of ether oxygens (including phenoxy) is 1. The van der Waals surface area contributed by atoms with E-state index in [2.05, 4.69) is 10.3 Å². The highest BCUT2D eigenvalue weighted by Crippen LogP contribution is 2.39. The molecule has 214 valence electrons. The number of carbonyl (C=O) groups is 1. The average molecular weight is 579 g/mol. The second kappa shape index (κ2) is 10.9. The molecule has 1 aliphatic rings. The lowest BCUT2D eigenvalue weighted by atomic mass is 9.81. The normalized spacial score (nSPS) is 17.4. The molecule has 1 amide bonds. The number of amides is 1. The first kappa shape index (κ1) is 29.1. The van der Waals surface area contributed by atoms with Crippen LogP contribution in [-0.2, 0) is 35.0 Å². The van der Waals surface area contributed by atoms with Crippen LogP contribution in [0.4, 0.5) is 39.5 Å². The average Bonchev–Trinajstić information content (AvgIpc) is 2.82. The number of hydrogen-bond acceptors (Lipinski definition) is 4. The molecule has 0 saturated heterocycles. The summed E-state index contributed by atoms with van der Waals surface area (Å²) in [4.78, 5) is 28.8. The number of H-pyrrole nitrogens is 1. The van der Waals surface area contributed by atoms with Gasteiger partial charge in [-0.25, -0.2) is 18.2 Å². The van der Waals surface area contributed by atoms with E-state index in [-0.39, 0.29) is 31.6 Å². The maximum Gasteiger partial charge on any atom is 0.433 e. The topological polar surface area (TPSA) is 84.1 Å². The van der Waals surface area contributed by atoms with Gasteiger partial charge >= 0.3 is 12.4 Å². The lowest BCUT2D eigenvalue weighted by molar-refractivity contribution is -0.141. The van der Waals surface area contributed by atoms with E-state index in [9.17, 15) is 44.7 Å². The molecular weight excluding hydrogens is 561 g/mol. The number of hydrogen-bond donors (Lipinski definition) is 2. The standard InChI is InChI=1S/C25H18F9N3O3/c26-16-4-1-11(5-17(16)27)10-40-14-6-13(7-14)23(39)35-9-12-2-3-15(24(29,30)31)20(21(12)28)22-36-18(25(32,33)34)8-19(38)37-22/h1-5,8,13-14H,6-7,9-10H2,(H,35,39)(H,36,37,38). The maximum absolute atomic E-state index is 15.3. The zero-order valence-corrected chi connectivity index (χ0v) is 20.0. The van der Waals surface area contributed by atoms with Crippen LogP contribution in [0.25, 0.3) is 11.4 Å². The molecule has 1 saturated carbocycles. The van der Waals surface area contributed by atoms with E-state index < -0.39 is 81.9 Å². The van der Waals surface area contributed by atoms with Crippen LogP contribution in [0.3, 0.4) is 0 Å². The van der Waals surface area contributed by atoms with Crippen molar-refractivity contribution in [3.05, 3.63) is 86.6 Å². The molecule has 1 aliphatic carbocycles. The van der Waals surface area contributed by atoms with Gasteiger partial charge in [0.2, 0.25) is 5.91 Å². The number of nitrogens with one attached hydrogen (secondary N) is 2. The minimum Gasteiger partial charge on any atom is -0.373 e. The lowest BCUT2D eigenvalue weighted by Gasteiger charge is -2.34. The summed E-state index contributed by atoms with van der Waals surface area (Å²) in [5.41, 5.74) is -6.48. The molecule has 0 bridgehead atoms. The first-order valence-electron chi connectivity index (χ1n) is 11.5. The molecule has 4 rings (SSSR count). The molecule has 3 aromatic rings. The minimum atomic E-state index is -5.22. The van der Waals surface area contributed by atoms with Gasteiger partial charge in [0.25, 0.3) is 5.56 Å². The minimum absolute atomic E-state index is 0.0201. The fraction of sp³-hybridized carbons (Fsp3) is 0.320. The molecule has 0 aliphatic heterocycles. The summed E-state index contributed by atoms with van der Waals surface area (Å²) in [6, 6.07) is 4.38. The summed E-state index contributed by atoms with van der Waals surface area (Å²) in [5, 5.41) is 2.35. The number of alkyl halides is 6.